The van der Waals surface area contributed by atoms with Gasteiger partial charge in [0.25, 0.3) is 10.2 Å². The molecule has 1 aliphatic heterocycles. The van der Waals surface area contributed by atoms with E-state index >= 15 is 0 Å². The zero-order valence-electron chi connectivity index (χ0n) is 15.5. The van der Waals surface area contributed by atoms with Gasteiger partial charge in [0.05, 0.1) is 10.2 Å². The summed E-state index contributed by atoms with van der Waals surface area (Å²) in [7, 11) is -3.67. The maximum Gasteiger partial charge on any atom is 0.276 e. The van der Waals surface area contributed by atoms with Crippen LogP contribution in [0, 0.1) is 17.7 Å². The molecule has 2 aromatic rings. The Kier molecular flexibility index (Phi) is 5.76. The predicted octanol–water partition coefficient (Wildman–Crippen LogP) is 1.35. The number of hydrogen-bond acceptors (Lipinski definition) is 8. The first-order valence-corrected chi connectivity index (χ1v) is 11.4. The lowest BCUT2D eigenvalue weighted by Crippen LogP contribution is -2.36. The molecule has 5 N–H and O–H groups in total. The van der Waals surface area contributed by atoms with Crippen LogP contribution in [0.3, 0.4) is 0 Å². The second-order valence-corrected chi connectivity index (χ2v) is 9.73. The summed E-state index contributed by atoms with van der Waals surface area (Å²) >= 11 is 3.08. The van der Waals surface area contributed by atoms with Crippen molar-refractivity contribution in [2.24, 2.45) is 22.0 Å². The third kappa shape index (κ3) is 4.32. The molecule has 1 aliphatic carbocycles. The molecule has 0 bridgehead atoms. The highest BCUT2D eigenvalue weighted by atomic mass is 79.9. The van der Waals surface area contributed by atoms with Gasteiger partial charge < -0.3 is 5.32 Å². The van der Waals surface area contributed by atoms with Crippen LogP contribution in [0.1, 0.15) is 18.5 Å². The molecule has 4 rings (SSSR count). The minimum Gasteiger partial charge on any atom is -0.362 e. The van der Waals surface area contributed by atoms with E-state index in [2.05, 4.69) is 36.6 Å². The van der Waals surface area contributed by atoms with E-state index in [0.717, 1.165) is 12.8 Å². The second kappa shape index (κ2) is 8.19. The van der Waals surface area contributed by atoms with Gasteiger partial charge in [-0.25, -0.2) is 19.2 Å². The Bertz CT molecular complexity index is 1070. The van der Waals surface area contributed by atoms with E-state index < -0.39 is 16.0 Å². The Morgan fingerprint density at radius 2 is 2.03 bits per heavy atom. The fourth-order valence-electron chi connectivity index (χ4n) is 4.03. The fraction of sp³-hybridized carbons (Fsp3) is 0.438. The van der Waals surface area contributed by atoms with E-state index in [4.69, 9.17) is 9.77 Å². The summed E-state index contributed by atoms with van der Waals surface area (Å²) in [5.74, 6) is 0.209. The van der Waals surface area contributed by atoms with Gasteiger partial charge in [0.1, 0.15) is 5.82 Å². The maximum atomic E-state index is 13.4. The van der Waals surface area contributed by atoms with Crippen LogP contribution in [0.25, 0.3) is 0 Å². The van der Waals surface area contributed by atoms with Crippen LogP contribution in [0.4, 0.5) is 15.9 Å². The Morgan fingerprint density at radius 1 is 1.33 bits per heavy atom. The number of hydroxylamine groups is 1. The standard InChI is InChI=1S/C16H19BrFN7O4S/c17-12-5-10(1-2-13(12)18)20-15(22-26)14-16(24-29-23-14)21-11-3-8-6-25(30(19,27)28)7-9(8)4-11/h1-2,5,8-9,11,26H,3-4,6-7H2,(H,20,22)(H,21,24)(H2,19,27,28). The average Bonchev–Trinajstić information content (AvgIpc) is 3.37. The number of halogens is 2. The highest BCUT2D eigenvalue weighted by Gasteiger charge is 2.44. The lowest BCUT2D eigenvalue weighted by Gasteiger charge is -2.17. The van der Waals surface area contributed by atoms with Gasteiger partial charge >= 0.3 is 0 Å². The number of aromatic nitrogens is 2. The molecule has 1 aromatic heterocycles. The summed E-state index contributed by atoms with van der Waals surface area (Å²) in [6, 6.07) is 4.14. The van der Waals surface area contributed by atoms with Crippen LogP contribution in [-0.2, 0) is 10.2 Å². The second-order valence-electron chi connectivity index (χ2n) is 7.33. The monoisotopic (exact) mass is 503 g/mol. The molecule has 11 nitrogen and oxygen atoms in total. The Labute approximate surface area is 179 Å². The van der Waals surface area contributed by atoms with Gasteiger partial charge in [0.15, 0.2) is 11.5 Å². The number of nitrogens with two attached hydrogens (primary N) is 1. The molecule has 2 fully saturated rings. The van der Waals surface area contributed by atoms with Crippen LogP contribution in [0.2, 0.25) is 0 Å². The van der Waals surface area contributed by atoms with Crippen LogP contribution in [0.5, 0.6) is 0 Å². The molecule has 2 unspecified atom stereocenters. The van der Waals surface area contributed by atoms with Crippen molar-refractivity contribution >= 4 is 43.5 Å². The number of anilines is 1. The molecule has 162 valence electrons. The number of rotatable bonds is 5. The Morgan fingerprint density at radius 3 is 2.63 bits per heavy atom. The molecule has 30 heavy (non-hydrogen) atoms. The predicted molar refractivity (Wildman–Crippen MR) is 108 cm³/mol. The Balaban J connectivity index is 1.47. The van der Waals surface area contributed by atoms with Gasteiger partial charge in [0, 0.05) is 19.1 Å². The molecule has 1 aromatic carbocycles. The number of hydrogen-bond donors (Lipinski definition) is 4. The summed E-state index contributed by atoms with van der Waals surface area (Å²) in [6.07, 6.45) is 1.46. The summed E-state index contributed by atoms with van der Waals surface area (Å²) in [5, 5.41) is 25.6. The third-order valence-electron chi connectivity index (χ3n) is 5.38. The SMILES string of the molecule is NS(=O)(=O)N1CC2CC(Nc3nonc3C(=Nc3ccc(F)c(Br)c3)NO)CC2C1. The van der Waals surface area contributed by atoms with Crippen molar-refractivity contribution in [3.8, 4) is 0 Å². The van der Waals surface area contributed by atoms with E-state index in [1.165, 1.54) is 22.5 Å². The summed E-state index contributed by atoms with van der Waals surface area (Å²) < 4.78 is 42.8. The van der Waals surface area contributed by atoms with Crippen molar-refractivity contribution in [3.05, 3.63) is 34.2 Å². The number of fused-ring (bicyclic) bond motifs is 1. The first kappa shape index (κ1) is 21.1. The number of benzene rings is 1. The van der Waals surface area contributed by atoms with Crippen molar-refractivity contribution < 1.29 is 22.6 Å². The average molecular weight is 504 g/mol. The molecule has 0 spiro atoms. The van der Waals surface area contributed by atoms with E-state index in [-0.39, 0.29) is 39.7 Å². The van der Waals surface area contributed by atoms with Gasteiger partial charge in [0.2, 0.25) is 5.82 Å². The Hall–Kier alpha value is -2.13. The lowest BCUT2D eigenvalue weighted by atomic mass is 10.0. The zero-order chi connectivity index (χ0) is 21.5. The van der Waals surface area contributed by atoms with Gasteiger partial charge in [-0.1, -0.05) is 0 Å². The normalized spacial score (nSPS) is 24.8. The summed E-state index contributed by atoms with van der Waals surface area (Å²) in [6.45, 7) is 0.798. The topological polar surface area (TPSA) is 159 Å². The minimum atomic E-state index is -3.67. The van der Waals surface area contributed by atoms with E-state index in [0.29, 0.717) is 18.8 Å². The number of amidine groups is 1. The smallest absolute Gasteiger partial charge is 0.276 e. The van der Waals surface area contributed by atoms with Gasteiger partial charge in [-0.3, -0.25) is 10.7 Å². The molecule has 14 heteroatoms. The van der Waals surface area contributed by atoms with E-state index in [1.807, 2.05) is 5.48 Å². The van der Waals surface area contributed by atoms with Crippen LogP contribution >= 0.6 is 15.9 Å². The summed E-state index contributed by atoms with van der Waals surface area (Å²) in [4.78, 5) is 4.22. The van der Waals surface area contributed by atoms with Crippen LogP contribution in [0.15, 0.2) is 32.3 Å². The van der Waals surface area contributed by atoms with Crippen molar-refractivity contribution in [3.63, 3.8) is 0 Å². The van der Waals surface area contributed by atoms with Crippen molar-refractivity contribution in [1.82, 2.24) is 20.1 Å². The molecule has 2 aliphatic rings. The lowest BCUT2D eigenvalue weighted by molar-refractivity contribution is 0.234. The van der Waals surface area contributed by atoms with E-state index in [9.17, 15) is 18.0 Å². The van der Waals surface area contributed by atoms with Crippen molar-refractivity contribution in [2.75, 3.05) is 18.4 Å². The largest absolute Gasteiger partial charge is 0.362 e. The maximum absolute atomic E-state index is 13.4. The molecule has 0 radical (unpaired) electrons. The fourth-order valence-corrected chi connectivity index (χ4v) is 5.19. The quantitative estimate of drug-likeness (QED) is 0.270. The molecule has 1 saturated heterocycles. The molecular weight excluding hydrogens is 485 g/mol. The van der Waals surface area contributed by atoms with Crippen molar-refractivity contribution in [2.45, 2.75) is 18.9 Å². The minimum absolute atomic E-state index is 0.0215. The first-order valence-electron chi connectivity index (χ1n) is 9.05. The number of nitrogens with one attached hydrogen (secondary N) is 2. The molecular formula is C16H19BrFN7O4S. The van der Waals surface area contributed by atoms with Gasteiger partial charge in [-0.15, -0.1) is 0 Å². The first-order chi connectivity index (χ1) is 14.2. The molecule has 2 atom stereocenters. The highest BCUT2D eigenvalue weighted by molar-refractivity contribution is 9.10. The molecule has 1 saturated carbocycles. The number of aliphatic imine (C=N–C) groups is 1. The van der Waals surface area contributed by atoms with E-state index in [1.54, 1.807) is 0 Å². The third-order valence-corrected chi connectivity index (χ3v) is 7.01. The molecule has 0 amide bonds. The van der Waals surface area contributed by atoms with Crippen LogP contribution < -0.4 is 15.9 Å². The summed E-state index contributed by atoms with van der Waals surface area (Å²) in [5.41, 5.74) is 2.49. The zero-order valence-corrected chi connectivity index (χ0v) is 17.9. The molecule has 2 heterocycles. The van der Waals surface area contributed by atoms with Crippen molar-refractivity contribution in [1.29, 1.82) is 0 Å². The van der Waals surface area contributed by atoms with Crippen LogP contribution in [-0.4, -0.2) is 53.2 Å². The van der Waals surface area contributed by atoms with Gasteiger partial charge in [-0.05, 0) is 69.1 Å². The van der Waals surface area contributed by atoms with Gasteiger partial charge in [-0.2, -0.15) is 12.7 Å². The highest BCUT2D eigenvalue weighted by Crippen LogP contribution is 2.39. The number of nitrogens with zero attached hydrogens (tertiary/aromatic N) is 4.